The van der Waals surface area contributed by atoms with Gasteiger partial charge < -0.3 is 5.32 Å². The average molecular weight is 409 g/mol. The van der Waals surface area contributed by atoms with Crippen molar-refractivity contribution in [1.82, 2.24) is 5.32 Å². The standard InChI is InChI=1S/C19H21FN2O3S2/c1-27(24,25)22-17-9-6-15(7-10-17)8-11-19(23)21-12-13-26-14-16-4-2-3-5-18(16)20/h2-11,22H,12-14H2,1H3,(H,21,23)/b11-8+. The van der Waals surface area contributed by atoms with E-state index in [0.29, 0.717) is 29.3 Å². The predicted molar refractivity (Wildman–Crippen MR) is 110 cm³/mol. The van der Waals surface area contributed by atoms with Gasteiger partial charge in [-0.15, -0.1) is 0 Å². The fourth-order valence-electron chi connectivity index (χ4n) is 2.15. The molecular formula is C19H21FN2O3S2. The van der Waals surface area contributed by atoms with E-state index in [-0.39, 0.29) is 11.7 Å². The summed E-state index contributed by atoms with van der Waals surface area (Å²) in [5.74, 6) is 0.806. The van der Waals surface area contributed by atoms with E-state index in [1.807, 2.05) is 0 Å². The van der Waals surface area contributed by atoms with E-state index in [1.54, 1.807) is 60.3 Å². The zero-order valence-electron chi connectivity index (χ0n) is 14.8. The van der Waals surface area contributed by atoms with Gasteiger partial charge in [0.25, 0.3) is 0 Å². The van der Waals surface area contributed by atoms with Crippen molar-refractivity contribution in [1.29, 1.82) is 0 Å². The Morgan fingerprint density at radius 1 is 1.15 bits per heavy atom. The SMILES string of the molecule is CS(=O)(=O)Nc1ccc(/C=C/C(=O)NCCSCc2ccccc2F)cc1. The topological polar surface area (TPSA) is 75.3 Å². The second-order valence-electron chi connectivity index (χ2n) is 5.76. The lowest BCUT2D eigenvalue weighted by molar-refractivity contribution is -0.116. The minimum absolute atomic E-state index is 0.213. The lowest BCUT2D eigenvalue weighted by Crippen LogP contribution is -2.23. The van der Waals surface area contributed by atoms with Gasteiger partial charge in [0.05, 0.1) is 6.26 Å². The number of carbonyl (C=O) groups is 1. The Morgan fingerprint density at radius 3 is 2.52 bits per heavy atom. The summed E-state index contributed by atoms with van der Waals surface area (Å²) in [6, 6.07) is 13.3. The van der Waals surface area contributed by atoms with Crippen molar-refractivity contribution in [3.8, 4) is 0 Å². The molecule has 2 rings (SSSR count). The Bertz CT molecular complexity index is 897. The van der Waals surface area contributed by atoms with E-state index < -0.39 is 10.0 Å². The fourth-order valence-corrected chi connectivity index (χ4v) is 3.56. The zero-order chi connectivity index (χ0) is 19.7. The lowest BCUT2D eigenvalue weighted by atomic mass is 10.2. The number of benzene rings is 2. The highest BCUT2D eigenvalue weighted by Gasteiger charge is 2.02. The average Bonchev–Trinajstić information content (AvgIpc) is 2.61. The van der Waals surface area contributed by atoms with Gasteiger partial charge in [-0.3, -0.25) is 9.52 Å². The third kappa shape index (κ3) is 8.27. The van der Waals surface area contributed by atoms with E-state index >= 15 is 0 Å². The summed E-state index contributed by atoms with van der Waals surface area (Å²) in [5.41, 5.74) is 1.90. The first-order valence-electron chi connectivity index (χ1n) is 8.18. The van der Waals surface area contributed by atoms with Gasteiger partial charge in [-0.05, 0) is 35.4 Å². The van der Waals surface area contributed by atoms with Gasteiger partial charge in [-0.1, -0.05) is 30.3 Å². The maximum Gasteiger partial charge on any atom is 0.244 e. The molecule has 0 radical (unpaired) electrons. The molecule has 144 valence electrons. The van der Waals surface area contributed by atoms with Crippen LogP contribution in [0, 0.1) is 5.82 Å². The Balaban J connectivity index is 1.70. The summed E-state index contributed by atoms with van der Waals surface area (Å²) in [6.07, 6.45) is 4.15. The van der Waals surface area contributed by atoms with Crippen molar-refractivity contribution in [3.05, 3.63) is 71.6 Å². The van der Waals surface area contributed by atoms with Crippen LogP contribution in [0.4, 0.5) is 10.1 Å². The number of sulfonamides is 1. The van der Waals surface area contributed by atoms with Crippen molar-refractivity contribution < 1.29 is 17.6 Å². The quantitative estimate of drug-likeness (QED) is 0.493. The lowest BCUT2D eigenvalue weighted by Gasteiger charge is -2.04. The Morgan fingerprint density at radius 2 is 1.85 bits per heavy atom. The molecule has 0 aromatic heterocycles. The molecule has 0 fully saturated rings. The molecule has 0 atom stereocenters. The van der Waals surface area contributed by atoms with Crippen molar-refractivity contribution in [3.63, 3.8) is 0 Å². The van der Waals surface area contributed by atoms with E-state index in [4.69, 9.17) is 0 Å². The minimum atomic E-state index is -3.31. The van der Waals surface area contributed by atoms with E-state index in [2.05, 4.69) is 10.0 Å². The van der Waals surface area contributed by atoms with Crippen molar-refractivity contribution in [2.45, 2.75) is 5.75 Å². The summed E-state index contributed by atoms with van der Waals surface area (Å²) in [5, 5.41) is 2.76. The molecule has 0 aliphatic carbocycles. The molecule has 2 aromatic carbocycles. The maximum atomic E-state index is 13.5. The third-order valence-corrected chi connectivity index (χ3v) is 5.02. The molecule has 0 unspecified atom stereocenters. The number of nitrogens with one attached hydrogen (secondary N) is 2. The number of thioether (sulfide) groups is 1. The molecule has 0 aliphatic rings. The Kier molecular flexibility index (Phi) is 7.87. The number of rotatable bonds is 9. The Labute approximate surface area is 163 Å². The number of hydrogen-bond donors (Lipinski definition) is 2. The summed E-state index contributed by atoms with van der Waals surface area (Å²) in [4.78, 5) is 11.8. The molecule has 0 heterocycles. The van der Waals surface area contributed by atoms with Crippen LogP contribution in [-0.2, 0) is 20.6 Å². The molecule has 5 nitrogen and oxygen atoms in total. The van der Waals surface area contributed by atoms with Crippen LogP contribution < -0.4 is 10.0 Å². The molecule has 8 heteroatoms. The molecule has 27 heavy (non-hydrogen) atoms. The monoisotopic (exact) mass is 408 g/mol. The maximum absolute atomic E-state index is 13.5. The van der Waals surface area contributed by atoms with E-state index in [1.165, 1.54) is 12.1 Å². The van der Waals surface area contributed by atoms with Crippen LogP contribution in [0.25, 0.3) is 6.08 Å². The summed E-state index contributed by atoms with van der Waals surface area (Å²) >= 11 is 1.55. The molecule has 0 spiro atoms. The molecule has 2 aromatic rings. The normalized spacial score (nSPS) is 11.5. The number of hydrogen-bond acceptors (Lipinski definition) is 4. The van der Waals surface area contributed by atoms with Crippen molar-refractivity contribution >= 4 is 39.5 Å². The number of amides is 1. The Hall–Kier alpha value is -2.32. The van der Waals surface area contributed by atoms with Gasteiger partial charge >= 0.3 is 0 Å². The molecule has 0 saturated heterocycles. The first-order valence-corrected chi connectivity index (χ1v) is 11.2. The highest BCUT2D eigenvalue weighted by Crippen LogP contribution is 2.15. The summed E-state index contributed by atoms with van der Waals surface area (Å²) in [6.45, 7) is 0.486. The zero-order valence-corrected chi connectivity index (χ0v) is 16.4. The first-order chi connectivity index (χ1) is 12.8. The van der Waals surface area contributed by atoms with Crippen LogP contribution in [0.15, 0.2) is 54.6 Å². The van der Waals surface area contributed by atoms with Gasteiger partial charge in [0.1, 0.15) is 5.82 Å². The first kappa shape index (κ1) is 21.0. The third-order valence-electron chi connectivity index (χ3n) is 3.40. The number of anilines is 1. The van der Waals surface area contributed by atoms with Gasteiger partial charge in [0, 0.05) is 29.8 Å². The second-order valence-corrected chi connectivity index (χ2v) is 8.62. The highest BCUT2D eigenvalue weighted by molar-refractivity contribution is 7.98. The van der Waals surface area contributed by atoms with Crippen LogP contribution in [0.2, 0.25) is 0 Å². The van der Waals surface area contributed by atoms with Gasteiger partial charge in [0.2, 0.25) is 15.9 Å². The molecular weight excluding hydrogens is 387 g/mol. The molecule has 1 amide bonds. The van der Waals surface area contributed by atoms with Crippen LogP contribution in [0.3, 0.4) is 0 Å². The smallest absolute Gasteiger partial charge is 0.244 e. The van der Waals surface area contributed by atoms with Crippen LogP contribution in [0.1, 0.15) is 11.1 Å². The van der Waals surface area contributed by atoms with E-state index in [0.717, 1.165) is 11.8 Å². The van der Waals surface area contributed by atoms with Gasteiger partial charge in [-0.2, -0.15) is 11.8 Å². The van der Waals surface area contributed by atoms with E-state index in [9.17, 15) is 17.6 Å². The second kappa shape index (κ2) is 10.1. The summed E-state index contributed by atoms with van der Waals surface area (Å²) < 4.78 is 38.1. The van der Waals surface area contributed by atoms with Crippen LogP contribution >= 0.6 is 11.8 Å². The number of carbonyl (C=O) groups excluding carboxylic acids is 1. The minimum Gasteiger partial charge on any atom is -0.352 e. The molecule has 0 aliphatic heterocycles. The van der Waals surface area contributed by atoms with Crippen molar-refractivity contribution in [2.24, 2.45) is 0 Å². The van der Waals surface area contributed by atoms with Gasteiger partial charge in [-0.25, -0.2) is 12.8 Å². The summed E-state index contributed by atoms with van der Waals surface area (Å²) in [7, 11) is -3.31. The molecule has 0 saturated carbocycles. The van der Waals surface area contributed by atoms with Gasteiger partial charge in [0.15, 0.2) is 0 Å². The number of halogens is 1. The van der Waals surface area contributed by atoms with Crippen molar-refractivity contribution in [2.75, 3.05) is 23.3 Å². The van der Waals surface area contributed by atoms with Crippen LogP contribution in [0.5, 0.6) is 0 Å². The highest BCUT2D eigenvalue weighted by atomic mass is 32.2. The van der Waals surface area contributed by atoms with Crippen LogP contribution in [-0.4, -0.2) is 32.9 Å². The molecule has 2 N–H and O–H groups in total. The fraction of sp³-hybridized carbons (Fsp3) is 0.211. The molecule has 0 bridgehead atoms. The predicted octanol–water partition coefficient (Wildman–Crippen LogP) is 3.26. The largest absolute Gasteiger partial charge is 0.352 e.